The smallest absolute Gasteiger partial charge is 0.319 e. The van der Waals surface area contributed by atoms with Crippen LogP contribution in [0.2, 0.25) is 0 Å². The van der Waals surface area contributed by atoms with Crippen LogP contribution in [0.3, 0.4) is 0 Å². The van der Waals surface area contributed by atoms with Gasteiger partial charge in [0.05, 0.1) is 27.0 Å². The van der Waals surface area contributed by atoms with E-state index in [1.807, 2.05) is 12.1 Å². The molecule has 0 radical (unpaired) electrons. The fraction of sp³-hybridized carbons (Fsp3) is 0.235. The highest BCUT2D eigenvalue weighted by Gasteiger charge is 2.13. The van der Waals surface area contributed by atoms with Crippen LogP contribution in [0.15, 0.2) is 39.3 Å². The number of benzene rings is 2. The molecule has 0 saturated carbocycles. The molecule has 2 amide bonds. The third-order valence-electron chi connectivity index (χ3n) is 3.36. The molecule has 0 fully saturated rings. The summed E-state index contributed by atoms with van der Waals surface area (Å²) >= 11 is 6.78. The number of urea groups is 1. The first-order valence-corrected chi connectivity index (χ1v) is 8.86. The van der Waals surface area contributed by atoms with Gasteiger partial charge in [-0.15, -0.1) is 0 Å². The Bertz CT molecular complexity index is 743. The number of methoxy groups -OCH3 is 3. The summed E-state index contributed by atoms with van der Waals surface area (Å²) < 4.78 is 17.6. The Balaban J connectivity index is 2.06. The molecule has 0 aromatic heterocycles. The number of anilines is 1. The lowest BCUT2D eigenvalue weighted by atomic mass is 10.2. The second-order valence-corrected chi connectivity index (χ2v) is 6.74. The molecule has 2 N–H and O–H groups in total. The summed E-state index contributed by atoms with van der Waals surface area (Å²) in [7, 11) is 4.64. The Labute approximate surface area is 163 Å². The van der Waals surface area contributed by atoms with E-state index in [9.17, 15) is 4.79 Å². The van der Waals surface area contributed by atoms with E-state index < -0.39 is 0 Å². The molecule has 0 saturated heterocycles. The molecule has 2 aromatic rings. The van der Waals surface area contributed by atoms with E-state index in [0.717, 1.165) is 14.5 Å². The SMILES string of the molecule is COc1cc(CNC(=O)Nc2ccc(Br)cc2Br)cc(OC)c1OC. The summed E-state index contributed by atoms with van der Waals surface area (Å²) in [6, 6.07) is 8.76. The van der Waals surface area contributed by atoms with Crippen LogP contribution >= 0.6 is 31.9 Å². The molecule has 134 valence electrons. The summed E-state index contributed by atoms with van der Waals surface area (Å²) in [6.45, 7) is 0.302. The number of carbonyl (C=O) groups excluding carboxylic acids is 1. The third-order valence-corrected chi connectivity index (χ3v) is 4.51. The van der Waals surface area contributed by atoms with Crippen molar-refractivity contribution in [3.8, 4) is 17.2 Å². The van der Waals surface area contributed by atoms with Crippen LogP contribution in [0.4, 0.5) is 10.5 Å². The van der Waals surface area contributed by atoms with E-state index in [-0.39, 0.29) is 6.03 Å². The van der Waals surface area contributed by atoms with Gasteiger partial charge in [-0.25, -0.2) is 4.79 Å². The third kappa shape index (κ3) is 5.02. The van der Waals surface area contributed by atoms with Gasteiger partial charge in [-0.1, -0.05) is 15.9 Å². The highest BCUT2D eigenvalue weighted by atomic mass is 79.9. The Kier molecular flexibility index (Phi) is 6.95. The van der Waals surface area contributed by atoms with Crippen LogP contribution in [-0.2, 0) is 6.54 Å². The number of halogens is 2. The van der Waals surface area contributed by atoms with Crippen molar-refractivity contribution >= 4 is 43.6 Å². The molecular formula is C17H18Br2N2O4. The van der Waals surface area contributed by atoms with E-state index >= 15 is 0 Å². The van der Waals surface area contributed by atoms with Crippen LogP contribution < -0.4 is 24.8 Å². The van der Waals surface area contributed by atoms with Gasteiger partial charge in [0.15, 0.2) is 11.5 Å². The Hall–Kier alpha value is -1.93. The highest BCUT2D eigenvalue weighted by molar-refractivity contribution is 9.11. The fourth-order valence-electron chi connectivity index (χ4n) is 2.18. The topological polar surface area (TPSA) is 68.8 Å². The lowest BCUT2D eigenvalue weighted by Gasteiger charge is -2.15. The van der Waals surface area contributed by atoms with Crippen molar-refractivity contribution < 1.29 is 19.0 Å². The van der Waals surface area contributed by atoms with Gasteiger partial charge in [0.1, 0.15) is 0 Å². The Morgan fingerprint density at radius 1 is 1.00 bits per heavy atom. The van der Waals surface area contributed by atoms with Crippen LogP contribution in [0, 0.1) is 0 Å². The van der Waals surface area contributed by atoms with Crippen molar-refractivity contribution in [2.45, 2.75) is 6.54 Å². The van der Waals surface area contributed by atoms with Crippen molar-refractivity contribution in [1.82, 2.24) is 5.32 Å². The zero-order chi connectivity index (χ0) is 18.4. The zero-order valence-electron chi connectivity index (χ0n) is 14.0. The minimum Gasteiger partial charge on any atom is -0.493 e. The van der Waals surface area contributed by atoms with E-state index in [1.165, 1.54) is 0 Å². The molecule has 0 spiro atoms. The summed E-state index contributed by atoms with van der Waals surface area (Å²) in [5.74, 6) is 1.58. The van der Waals surface area contributed by atoms with E-state index in [1.54, 1.807) is 39.5 Å². The van der Waals surface area contributed by atoms with Gasteiger partial charge in [0, 0.05) is 15.5 Å². The summed E-state index contributed by atoms with van der Waals surface area (Å²) in [4.78, 5) is 12.1. The standard InChI is InChI=1S/C17H18Br2N2O4/c1-23-14-6-10(7-15(24-2)16(14)25-3)9-20-17(22)21-13-5-4-11(18)8-12(13)19/h4-8H,9H2,1-3H3,(H2,20,21,22). The van der Waals surface area contributed by atoms with E-state index in [4.69, 9.17) is 14.2 Å². The van der Waals surface area contributed by atoms with Crippen LogP contribution in [0.1, 0.15) is 5.56 Å². The number of ether oxygens (including phenoxy) is 3. The first kappa shape index (κ1) is 19.4. The first-order chi connectivity index (χ1) is 12.0. The largest absolute Gasteiger partial charge is 0.493 e. The lowest BCUT2D eigenvalue weighted by molar-refractivity contribution is 0.251. The monoisotopic (exact) mass is 472 g/mol. The zero-order valence-corrected chi connectivity index (χ0v) is 17.2. The van der Waals surface area contributed by atoms with Crippen LogP contribution in [0.25, 0.3) is 0 Å². The summed E-state index contributed by atoms with van der Waals surface area (Å²) in [6.07, 6.45) is 0. The molecule has 0 aliphatic rings. The predicted molar refractivity (Wildman–Crippen MR) is 104 cm³/mol. The average Bonchev–Trinajstić information content (AvgIpc) is 2.61. The molecule has 0 aliphatic carbocycles. The molecule has 0 aliphatic heterocycles. The number of rotatable bonds is 6. The second kappa shape index (κ2) is 8.96. The van der Waals surface area contributed by atoms with Crippen LogP contribution in [-0.4, -0.2) is 27.4 Å². The van der Waals surface area contributed by atoms with Gasteiger partial charge in [-0.3, -0.25) is 0 Å². The molecule has 0 unspecified atom stereocenters. The van der Waals surface area contributed by atoms with E-state index in [2.05, 4.69) is 42.5 Å². The van der Waals surface area contributed by atoms with Crippen LogP contribution in [0.5, 0.6) is 17.2 Å². The summed E-state index contributed by atoms with van der Waals surface area (Å²) in [5, 5.41) is 5.58. The average molecular weight is 474 g/mol. The number of amides is 2. The van der Waals surface area contributed by atoms with Crippen molar-refractivity contribution in [2.24, 2.45) is 0 Å². The minimum atomic E-state index is -0.322. The Morgan fingerprint density at radius 3 is 2.16 bits per heavy atom. The molecule has 8 heteroatoms. The molecule has 6 nitrogen and oxygen atoms in total. The molecule has 0 bridgehead atoms. The number of carbonyl (C=O) groups is 1. The van der Waals surface area contributed by atoms with Gasteiger partial charge in [0.25, 0.3) is 0 Å². The maximum atomic E-state index is 12.1. The molecular weight excluding hydrogens is 456 g/mol. The second-order valence-electron chi connectivity index (χ2n) is 4.97. The quantitative estimate of drug-likeness (QED) is 0.645. The molecule has 2 rings (SSSR count). The number of hydrogen-bond acceptors (Lipinski definition) is 4. The first-order valence-electron chi connectivity index (χ1n) is 7.27. The maximum absolute atomic E-state index is 12.1. The number of nitrogens with one attached hydrogen (secondary N) is 2. The van der Waals surface area contributed by atoms with Gasteiger partial charge in [0.2, 0.25) is 5.75 Å². The highest BCUT2D eigenvalue weighted by Crippen LogP contribution is 2.38. The van der Waals surface area contributed by atoms with Gasteiger partial charge in [-0.05, 0) is 51.8 Å². The van der Waals surface area contributed by atoms with E-state index in [0.29, 0.717) is 29.5 Å². The fourth-order valence-corrected chi connectivity index (χ4v) is 3.32. The minimum absolute atomic E-state index is 0.302. The van der Waals surface area contributed by atoms with Gasteiger partial charge >= 0.3 is 6.03 Å². The van der Waals surface area contributed by atoms with Gasteiger partial charge < -0.3 is 24.8 Å². The van der Waals surface area contributed by atoms with Crippen molar-refractivity contribution in [2.75, 3.05) is 26.6 Å². The summed E-state index contributed by atoms with van der Waals surface area (Å²) in [5.41, 5.74) is 1.49. The molecule has 2 aromatic carbocycles. The van der Waals surface area contributed by atoms with Crippen molar-refractivity contribution in [3.63, 3.8) is 0 Å². The normalized spacial score (nSPS) is 10.1. The lowest BCUT2D eigenvalue weighted by Crippen LogP contribution is -2.28. The number of hydrogen-bond donors (Lipinski definition) is 2. The molecule has 0 heterocycles. The predicted octanol–water partition coefficient (Wildman–Crippen LogP) is 4.56. The molecule has 0 atom stereocenters. The van der Waals surface area contributed by atoms with Crippen molar-refractivity contribution in [3.05, 3.63) is 44.8 Å². The van der Waals surface area contributed by atoms with Crippen molar-refractivity contribution in [1.29, 1.82) is 0 Å². The van der Waals surface area contributed by atoms with Gasteiger partial charge in [-0.2, -0.15) is 0 Å². The molecule has 25 heavy (non-hydrogen) atoms. The Morgan fingerprint density at radius 2 is 1.64 bits per heavy atom. The maximum Gasteiger partial charge on any atom is 0.319 e.